The minimum atomic E-state index is -0.472. The number of amidine groups is 1. The number of hydrogen-bond acceptors (Lipinski definition) is 5. The number of rotatable bonds is 3. The van der Waals surface area contributed by atoms with Crippen molar-refractivity contribution in [3.05, 3.63) is 75.7 Å². The first-order valence-corrected chi connectivity index (χ1v) is 9.19. The van der Waals surface area contributed by atoms with Gasteiger partial charge in [0.1, 0.15) is 5.82 Å². The van der Waals surface area contributed by atoms with Crippen molar-refractivity contribution in [2.45, 2.75) is 6.54 Å². The first kappa shape index (κ1) is 17.6. The number of pyridine rings is 2. The molecule has 1 N–H and O–H groups in total. The zero-order valence-electron chi connectivity index (χ0n) is 13.8. The summed E-state index contributed by atoms with van der Waals surface area (Å²) >= 11 is 7.00. The largest absolute Gasteiger partial charge is 0.301 e. The molecule has 3 aromatic rings. The molecule has 0 radical (unpaired) electrons. The minimum absolute atomic E-state index is 0.0493. The molecule has 0 bridgehead atoms. The molecule has 27 heavy (non-hydrogen) atoms. The summed E-state index contributed by atoms with van der Waals surface area (Å²) < 4.78 is 13.2. The van der Waals surface area contributed by atoms with Gasteiger partial charge < -0.3 is 5.32 Å². The number of benzene rings is 1. The molecule has 0 saturated carbocycles. The Labute approximate surface area is 163 Å². The number of carbonyl (C=O) groups is 1. The van der Waals surface area contributed by atoms with Gasteiger partial charge in [0.25, 0.3) is 5.91 Å². The molecule has 5 nitrogen and oxygen atoms in total. The first-order chi connectivity index (χ1) is 13.1. The molecule has 1 fully saturated rings. The molecule has 2 aromatic heterocycles. The second kappa shape index (κ2) is 7.46. The van der Waals surface area contributed by atoms with E-state index >= 15 is 0 Å². The van der Waals surface area contributed by atoms with Gasteiger partial charge in [-0.15, -0.1) is 0 Å². The van der Waals surface area contributed by atoms with Crippen molar-refractivity contribution in [1.82, 2.24) is 15.3 Å². The third-order valence-corrected chi connectivity index (χ3v) is 5.03. The molecule has 0 spiro atoms. The molecule has 0 aliphatic carbocycles. The fourth-order valence-electron chi connectivity index (χ4n) is 2.49. The lowest BCUT2D eigenvalue weighted by Gasteiger charge is -2.00. The normalized spacial score (nSPS) is 17.0. The molecule has 8 heteroatoms. The molecule has 1 amide bonds. The van der Waals surface area contributed by atoms with Crippen LogP contribution in [0.1, 0.15) is 11.3 Å². The Bertz CT molecular complexity index is 1120. The third-order valence-electron chi connectivity index (χ3n) is 3.80. The average molecular weight is 399 g/mol. The molecule has 0 unspecified atom stereocenters. The smallest absolute Gasteiger partial charge is 0.264 e. The van der Waals surface area contributed by atoms with E-state index in [4.69, 9.17) is 11.6 Å². The molecule has 4 rings (SSSR count). The van der Waals surface area contributed by atoms with Gasteiger partial charge in [0, 0.05) is 6.20 Å². The Hall–Kier alpha value is -2.77. The number of thioether (sulfide) groups is 1. The molecule has 1 aliphatic heterocycles. The van der Waals surface area contributed by atoms with E-state index in [0.29, 0.717) is 15.8 Å². The van der Waals surface area contributed by atoms with Crippen LogP contribution in [-0.4, -0.2) is 21.0 Å². The molecule has 3 heterocycles. The molecule has 1 aromatic carbocycles. The summed E-state index contributed by atoms with van der Waals surface area (Å²) in [7, 11) is 0. The van der Waals surface area contributed by atoms with E-state index in [-0.39, 0.29) is 17.5 Å². The van der Waals surface area contributed by atoms with Crippen molar-refractivity contribution in [2.24, 2.45) is 4.99 Å². The van der Waals surface area contributed by atoms with Gasteiger partial charge in [-0.3, -0.25) is 14.8 Å². The van der Waals surface area contributed by atoms with Crippen LogP contribution >= 0.6 is 23.4 Å². The summed E-state index contributed by atoms with van der Waals surface area (Å²) in [5.41, 5.74) is 2.98. The number of nitrogens with zero attached hydrogens (tertiary/aromatic N) is 3. The quantitative estimate of drug-likeness (QED) is 0.672. The van der Waals surface area contributed by atoms with Gasteiger partial charge >= 0.3 is 0 Å². The van der Waals surface area contributed by atoms with Crippen LogP contribution in [-0.2, 0) is 11.3 Å². The lowest BCUT2D eigenvalue weighted by atomic mass is 10.2. The van der Waals surface area contributed by atoms with Crippen molar-refractivity contribution in [2.75, 3.05) is 0 Å². The fraction of sp³-hybridized carbons (Fsp3) is 0.0526. The summed E-state index contributed by atoms with van der Waals surface area (Å²) in [4.78, 5) is 25.7. The summed E-state index contributed by atoms with van der Waals surface area (Å²) in [6, 6.07) is 11.8. The number of fused-ring (bicyclic) bond motifs is 1. The van der Waals surface area contributed by atoms with E-state index < -0.39 is 5.82 Å². The highest BCUT2D eigenvalue weighted by Crippen LogP contribution is 2.26. The third kappa shape index (κ3) is 3.99. The van der Waals surface area contributed by atoms with Crippen LogP contribution in [0.5, 0.6) is 0 Å². The molecule has 1 saturated heterocycles. The van der Waals surface area contributed by atoms with Gasteiger partial charge in [0.15, 0.2) is 5.17 Å². The van der Waals surface area contributed by atoms with E-state index in [1.165, 1.54) is 23.9 Å². The fourth-order valence-corrected chi connectivity index (χ4v) is 3.50. The lowest BCUT2D eigenvalue weighted by molar-refractivity contribution is -0.115. The number of aromatic nitrogens is 2. The number of hydrogen-bond donors (Lipinski definition) is 1. The number of carbonyl (C=O) groups excluding carboxylic acids is 1. The van der Waals surface area contributed by atoms with Crippen molar-refractivity contribution >= 4 is 51.5 Å². The van der Waals surface area contributed by atoms with Gasteiger partial charge in [0.05, 0.1) is 33.2 Å². The highest BCUT2D eigenvalue weighted by Gasteiger charge is 2.23. The average Bonchev–Trinajstić information content (AvgIpc) is 3.02. The van der Waals surface area contributed by atoms with Crippen LogP contribution < -0.4 is 5.32 Å². The molecule has 0 atom stereocenters. The van der Waals surface area contributed by atoms with Crippen molar-refractivity contribution in [1.29, 1.82) is 0 Å². The van der Waals surface area contributed by atoms with E-state index in [1.807, 2.05) is 24.3 Å². The van der Waals surface area contributed by atoms with Crippen LogP contribution in [0.3, 0.4) is 0 Å². The van der Waals surface area contributed by atoms with E-state index in [9.17, 15) is 9.18 Å². The Morgan fingerprint density at radius 2 is 2.11 bits per heavy atom. The number of nitrogens with one attached hydrogen (secondary N) is 1. The first-order valence-electron chi connectivity index (χ1n) is 7.99. The van der Waals surface area contributed by atoms with Gasteiger partial charge in [0.2, 0.25) is 0 Å². The second-order valence-electron chi connectivity index (χ2n) is 5.71. The topological polar surface area (TPSA) is 67.2 Å². The van der Waals surface area contributed by atoms with Crippen LogP contribution in [0.4, 0.5) is 4.39 Å². The predicted octanol–water partition coefficient (Wildman–Crippen LogP) is 4.18. The maximum Gasteiger partial charge on any atom is 0.264 e. The van der Waals surface area contributed by atoms with E-state index in [0.717, 1.165) is 16.6 Å². The predicted molar refractivity (Wildman–Crippen MR) is 106 cm³/mol. The van der Waals surface area contributed by atoms with Crippen LogP contribution in [0.2, 0.25) is 5.02 Å². The minimum Gasteiger partial charge on any atom is -0.301 e. The standard InChI is InChI=1S/C19H12ClFN4OS/c20-13-8-11(3-5-14(13)21)10-23-19-25-18(26)17(27-19)9-12-4-6-15-16(24-12)2-1-7-22-15/h1-9H,10H2,(H,23,25,26). The maximum atomic E-state index is 13.2. The van der Waals surface area contributed by atoms with Gasteiger partial charge in [-0.25, -0.2) is 9.37 Å². The van der Waals surface area contributed by atoms with E-state index in [2.05, 4.69) is 20.3 Å². The highest BCUT2D eigenvalue weighted by atomic mass is 35.5. The highest BCUT2D eigenvalue weighted by molar-refractivity contribution is 8.18. The summed E-state index contributed by atoms with van der Waals surface area (Å²) in [6.45, 7) is 0.287. The Kier molecular flexibility index (Phi) is 4.87. The lowest BCUT2D eigenvalue weighted by Crippen LogP contribution is -2.19. The van der Waals surface area contributed by atoms with Gasteiger partial charge in [-0.2, -0.15) is 0 Å². The van der Waals surface area contributed by atoms with Gasteiger partial charge in [-0.1, -0.05) is 17.7 Å². The Morgan fingerprint density at radius 3 is 2.96 bits per heavy atom. The number of halogens is 2. The summed E-state index contributed by atoms with van der Waals surface area (Å²) in [5.74, 6) is -0.705. The number of amides is 1. The van der Waals surface area contributed by atoms with E-state index in [1.54, 1.807) is 18.3 Å². The zero-order chi connectivity index (χ0) is 18.8. The molecular weight excluding hydrogens is 387 g/mol. The Balaban J connectivity index is 1.52. The van der Waals surface area contributed by atoms with Gasteiger partial charge in [-0.05, 0) is 59.8 Å². The molecular formula is C19H12ClFN4OS. The van der Waals surface area contributed by atoms with Crippen LogP contribution in [0.15, 0.2) is 58.6 Å². The summed E-state index contributed by atoms with van der Waals surface area (Å²) in [6.07, 6.45) is 3.42. The maximum absolute atomic E-state index is 13.2. The van der Waals surface area contributed by atoms with Crippen LogP contribution in [0, 0.1) is 5.82 Å². The summed E-state index contributed by atoms with van der Waals surface area (Å²) in [5, 5.41) is 3.25. The van der Waals surface area contributed by atoms with Crippen molar-refractivity contribution in [3.8, 4) is 0 Å². The zero-order valence-corrected chi connectivity index (χ0v) is 15.4. The van der Waals surface area contributed by atoms with Crippen molar-refractivity contribution < 1.29 is 9.18 Å². The molecule has 1 aliphatic rings. The monoisotopic (exact) mass is 398 g/mol. The second-order valence-corrected chi connectivity index (χ2v) is 7.15. The van der Waals surface area contributed by atoms with Crippen molar-refractivity contribution in [3.63, 3.8) is 0 Å². The molecule has 134 valence electrons. The van der Waals surface area contributed by atoms with Crippen LogP contribution in [0.25, 0.3) is 17.1 Å². The number of aliphatic imine (C=N–C) groups is 1. The SMILES string of the molecule is O=C1NC(=NCc2ccc(F)c(Cl)c2)SC1=Cc1ccc2ncccc2n1. The Morgan fingerprint density at radius 1 is 1.22 bits per heavy atom.